The molecule has 10 nitrogen and oxygen atoms in total. The maximum absolute atomic E-state index is 12.6. The lowest BCUT2D eigenvalue weighted by molar-refractivity contribution is 0.0997. The molecule has 11 heteroatoms. The smallest absolute Gasteiger partial charge is 0.262 e. The number of sulfonamides is 1. The minimum Gasteiger partial charge on any atom is -0.496 e. The number of hydrogen-bond donors (Lipinski definition) is 2. The molecule has 2 heterocycles. The Kier molecular flexibility index (Phi) is 5.42. The molecule has 144 valence electrons. The molecule has 0 aliphatic carbocycles. The lowest BCUT2D eigenvalue weighted by Gasteiger charge is -2.26. The van der Waals surface area contributed by atoms with E-state index in [0.717, 1.165) is 6.07 Å². The molecule has 1 saturated heterocycles. The minimum absolute atomic E-state index is 0.0284. The van der Waals surface area contributed by atoms with E-state index in [9.17, 15) is 13.2 Å². The summed E-state index contributed by atoms with van der Waals surface area (Å²) in [4.78, 5) is 21.7. The van der Waals surface area contributed by atoms with Crippen LogP contribution in [0.5, 0.6) is 5.75 Å². The van der Waals surface area contributed by atoms with Crippen LogP contribution in [0.1, 0.15) is 10.4 Å². The summed E-state index contributed by atoms with van der Waals surface area (Å²) in [5.41, 5.74) is 5.44. The fourth-order valence-corrected chi connectivity index (χ4v) is 3.62. The van der Waals surface area contributed by atoms with Crippen molar-refractivity contribution in [3.8, 4) is 5.75 Å². The largest absolute Gasteiger partial charge is 0.496 e. The molecule has 0 spiro atoms. The minimum atomic E-state index is -3.96. The second-order valence-electron chi connectivity index (χ2n) is 5.70. The highest BCUT2D eigenvalue weighted by molar-refractivity contribution is 7.92. The Morgan fingerprint density at radius 1 is 1.26 bits per heavy atom. The first-order chi connectivity index (χ1) is 12.9. The number of primary amides is 1. The molecule has 0 unspecified atom stereocenters. The van der Waals surface area contributed by atoms with Crippen molar-refractivity contribution in [3.63, 3.8) is 0 Å². The first-order valence-electron chi connectivity index (χ1n) is 8.06. The molecule has 2 aromatic rings. The molecule has 0 radical (unpaired) electrons. The number of carbonyl (C=O) groups is 1. The van der Waals surface area contributed by atoms with Crippen molar-refractivity contribution in [1.29, 1.82) is 0 Å². The quantitative estimate of drug-likeness (QED) is 0.711. The monoisotopic (exact) mass is 393 g/mol. The lowest BCUT2D eigenvalue weighted by atomic mass is 10.2. The van der Waals surface area contributed by atoms with Crippen LogP contribution >= 0.6 is 0 Å². The number of methoxy groups -OCH3 is 1. The molecule has 1 amide bonds. The second-order valence-corrected chi connectivity index (χ2v) is 7.39. The highest BCUT2D eigenvalue weighted by Crippen LogP contribution is 2.23. The van der Waals surface area contributed by atoms with E-state index in [1.165, 1.54) is 31.6 Å². The first-order valence-corrected chi connectivity index (χ1v) is 9.54. The van der Waals surface area contributed by atoms with Gasteiger partial charge in [0.1, 0.15) is 5.75 Å². The fraction of sp³-hybridized carbons (Fsp3) is 0.312. The van der Waals surface area contributed by atoms with Crippen molar-refractivity contribution in [2.45, 2.75) is 4.90 Å². The van der Waals surface area contributed by atoms with Crippen molar-refractivity contribution >= 4 is 27.6 Å². The fourth-order valence-electron chi connectivity index (χ4n) is 2.56. The molecule has 1 aromatic heterocycles. The molecule has 1 fully saturated rings. The predicted molar refractivity (Wildman–Crippen MR) is 97.4 cm³/mol. The summed E-state index contributed by atoms with van der Waals surface area (Å²) in [6, 6.07) is 3.84. The molecule has 0 bridgehead atoms. The van der Waals surface area contributed by atoms with Crippen LogP contribution < -0.4 is 20.1 Å². The van der Waals surface area contributed by atoms with Gasteiger partial charge in [0.25, 0.3) is 15.9 Å². The number of carbonyl (C=O) groups excluding carboxylic acids is 1. The number of morpholine rings is 1. The van der Waals surface area contributed by atoms with Gasteiger partial charge in [0.2, 0.25) is 5.95 Å². The van der Waals surface area contributed by atoms with Crippen LogP contribution in [0.4, 0.5) is 11.6 Å². The molecule has 3 N–H and O–H groups in total. The van der Waals surface area contributed by atoms with E-state index >= 15 is 0 Å². The second kappa shape index (κ2) is 7.76. The van der Waals surface area contributed by atoms with Gasteiger partial charge in [-0.25, -0.2) is 18.4 Å². The van der Waals surface area contributed by atoms with Crippen LogP contribution in [0.25, 0.3) is 0 Å². The van der Waals surface area contributed by atoms with E-state index in [1.807, 2.05) is 4.90 Å². The molecule has 1 aromatic carbocycles. The van der Waals surface area contributed by atoms with Gasteiger partial charge < -0.3 is 20.1 Å². The molecule has 0 saturated carbocycles. The van der Waals surface area contributed by atoms with E-state index in [2.05, 4.69) is 14.7 Å². The Hall–Kier alpha value is -2.92. The number of benzene rings is 1. The van der Waals surface area contributed by atoms with Gasteiger partial charge in [-0.1, -0.05) is 0 Å². The van der Waals surface area contributed by atoms with Crippen LogP contribution in [0.3, 0.4) is 0 Å². The highest BCUT2D eigenvalue weighted by Gasteiger charge is 2.20. The summed E-state index contributed by atoms with van der Waals surface area (Å²) in [7, 11) is -2.60. The Balaban J connectivity index is 1.80. The normalized spacial score (nSPS) is 14.6. The van der Waals surface area contributed by atoms with Crippen LogP contribution in [0.15, 0.2) is 35.5 Å². The topological polar surface area (TPSA) is 137 Å². The highest BCUT2D eigenvalue weighted by atomic mass is 32.2. The third-order valence-corrected chi connectivity index (χ3v) is 5.31. The van der Waals surface area contributed by atoms with Gasteiger partial charge in [0, 0.05) is 13.1 Å². The Morgan fingerprint density at radius 3 is 2.52 bits per heavy atom. The van der Waals surface area contributed by atoms with Crippen molar-refractivity contribution in [2.24, 2.45) is 5.73 Å². The zero-order valence-electron chi connectivity index (χ0n) is 14.6. The van der Waals surface area contributed by atoms with Gasteiger partial charge in [0.05, 0.1) is 48.9 Å². The molecular formula is C16H19N5O5S. The van der Waals surface area contributed by atoms with Crippen molar-refractivity contribution in [2.75, 3.05) is 43.0 Å². The maximum Gasteiger partial charge on any atom is 0.262 e. The van der Waals surface area contributed by atoms with Gasteiger partial charge in [-0.05, 0) is 18.2 Å². The molecular weight excluding hydrogens is 374 g/mol. The zero-order valence-corrected chi connectivity index (χ0v) is 15.4. The summed E-state index contributed by atoms with van der Waals surface area (Å²) in [6.45, 7) is 2.54. The van der Waals surface area contributed by atoms with Crippen molar-refractivity contribution < 1.29 is 22.7 Å². The molecule has 27 heavy (non-hydrogen) atoms. The van der Waals surface area contributed by atoms with E-state index in [-0.39, 0.29) is 21.9 Å². The summed E-state index contributed by atoms with van der Waals surface area (Å²) in [5.74, 6) is -0.0940. The Bertz CT molecular complexity index is 927. The molecule has 0 atom stereocenters. The average Bonchev–Trinajstić information content (AvgIpc) is 2.68. The summed E-state index contributed by atoms with van der Waals surface area (Å²) < 4.78 is 37.8. The number of anilines is 2. The van der Waals surface area contributed by atoms with Crippen LogP contribution in [-0.4, -0.2) is 57.7 Å². The van der Waals surface area contributed by atoms with E-state index in [4.69, 9.17) is 15.2 Å². The standard InChI is InChI=1S/C16H19N5O5S/c1-25-14-3-2-12(8-13(14)15(17)22)27(23,24)20-11-9-18-16(19-10-11)21-4-6-26-7-5-21/h2-3,8-10,20H,4-7H2,1H3,(H2,17,22). The van der Waals surface area contributed by atoms with Gasteiger partial charge >= 0.3 is 0 Å². The number of amides is 1. The van der Waals surface area contributed by atoms with Gasteiger partial charge in [0.15, 0.2) is 0 Å². The van der Waals surface area contributed by atoms with E-state index in [1.54, 1.807) is 0 Å². The van der Waals surface area contributed by atoms with Gasteiger partial charge in [-0.15, -0.1) is 0 Å². The van der Waals surface area contributed by atoms with Crippen molar-refractivity contribution in [3.05, 3.63) is 36.2 Å². The Labute approximate surface area is 156 Å². The first kappa shape index (κ1) is 18.9. The van der Waals surface area contributed by atoms with Crippen LogP contribution in [0, 0.1) is 0 Å². The number of nitrogens with zero attached hydrogens (tertiary/aromatic N) is 3. The molecule has 3 rings (SSSR count). The number of ether oxygens (including phenoxy) is 2. The SMILES string of the molecule is COc1ccc(S(=O)(=O)Nc2cnc(N3CCOCC3)nc2)cc1C(N)=O. The van der Waals surface area contributed by atoms with Crippen LogP contribution in [-0.2, 0) is 14.8 Å². The van der Waals surface area contributed by atoms with E-state index in [0.29, 0.717) is 32.3 Å². The lowest BCUT2D eigenvalue weighted by Crippen LogP contribution is -2.37. The number of nitrogens with two attached hydrogens (primary N) is 1. The number of rotatable bonds is 6. The average molecular weight is 393 g/mol. The predicted octanol–water partition coefficient (Wildman–Crippen LogP) is 0.222. The van der Waals surface area contributed by atoms with Gasteiger partial charge in [-0.2, -0.15) is 0 Å². The third kappa shape index (κ3) is 4.26. The van der Waals surface area contributed by atoms with E-state index < -0.39 is 15.9 Å². The summed E-state index contributed by atoms with van der Waals surface area (Å²) in [6.07, 6.45) is 2.77. The Morgan fingerprint density at radius 2 is 1.93 bits per heavy atom. The summed E-state index contributed by atoms with van der Waals surface area (Å²) >= 11 is 0. The maximum atomic E-state index is 12.6. The van der Waals surface area contributed by atoms with Crippen LogP contribution in [0.2, 0.25) is 0 Å². The van der Waals surface area contributed by atoms with Gasteiger partial charge in [-0.3, -0.25) is 9.52 Å². The molecule has 1 aliphatic rings. The van der Waals surface area contributed by atoms with Crippen molar-refractivity contribution in [1.82, 2.24) is 9.97 Å². The third-order valence-electron chi connectivity index (χ3n) is 3.93. The summed E-state index contributed by atoms with van der Waals surface area (Å²) in [5, 5.41) is 0. The molecule has 1 aliphatic heterocycles. The number of aromatic nitrogens is 2. The number of nitrogens with one attached hydrogen (secondary N) is 1. The number of hydrogen-bond acceptors (Lipinski definition) is 8. The zero-order chi connectivity index (χ0) is 19.4.